The summed E-state index contributed by atoms with van der Waals surface area (Å²) in [5.74, 6) is -0.823. The van der Waals surface area contributed by atoms with Gasteiger partial charge in [-0.15, -0.1) is 0 Å². The first-order chi connectivity index (χ1) is 16.2. The second kappa shape index (κ2) is 12.6. The Labute approximate surface area is 201 Å². The number of Topliss-reactive ketones (excluding diaryl/α,β-unsaturated/α-hetero) is 1. The zero-order valence-electron chi connectivity index (χ0n) is 20.5. The Morgan fingerprint density at radius 2 is 1.88 bits per heavy atom. The van der Waals surface area contributed by atoms with Gasteiger partial charge in [0.2, 0.25) is 0 Å². The van der Waals surface area contributed by atoms with E-state index in [9.17, 15) is 9.18 Å². The van der Waals surface area contributed by atoms with Crippen molar-refractivity contribution < 1.29 is 18.8 Å². The lowest BCUT2D eigenvalue weighted by Crippen LogP contribution is -2.05. The van der Waals surface area contributed by atoms with Crippen LogP contribution in [0.5, 0.6) is 0 Å². The summed E-state index contributed by atoms with van der Waals surface area (Å²) in [6.45, 7) is 14.9. The number of aryl methyl sites for hydroxylation is 1. The number of carbonyl (C=O) groups is 1. The Morgan fingerprint density at radius 1 is 1.18 bits per heavy atom. The van der Waals surface area contributed by atoms with E-state index in [-0.39, 0.29) is 17.3 Å². The van der Waals surface area contributed by atoms with Crippen molar-refractivity contribution in [2.45, 2.75) is 34.3 Å². The summed E-state index contributed by atoms with van der Waals surface area (Å²) in [6, 6.07) is 14.2. The smallest absolute Gasteiger partial charge is 0.162 e. The van der Waals surface area contributed by atoms with Crippen LogP contribution >= 0.6 is 0 Å². The number of ether oxygens (including phenoxy) is 1. The molecular formula is C29H32FNO3. The molecule has 0 saturated carbocycles. The predicted octanol–water partition coefficient (Wildman–Crippen LogP) is 7.36. The second-order valence-corrected chi connectivity index (χ2v) is 8.04. The first kappa shape index (κ1) is 26.7. The molecule has 0 bridgehead atoms. The van der Waals surface area contributed by atoms with Crippen LogP contribution in [-0.2, 0) is 21.0 Å². The standard InChI is InChI=1S/C29H32FNO3/c1-8-29(30)27(22(5)32)15-13-19(2)21(4)31-34-23(6)24-14-16-28(25(17-24)18-33-7)26-12-10-9-11-20(26)3/h8-17,19H,1,6,18H2,2-5,7H3/b15-13-,29-27-,31-21+. The molecule has 0 heterocycles. The number of allylic oxidation sites excluding steroid dienone is 5. The molecule has 2 rings (SSSR count). The molecule has 34 heavy (non-hydrogen) atoms. The lowest BCUT2D eigenvalue weighted by atomic mass is 9.94. The average Bonchev–Trinajstić information content (AvgIpc) is 2.82. The van der Waals surface area contributed by atoms with Gasteiger partial charge in [0.25, 0.3) is 0 Å². The van der Waals surface area contributed by atoms with E-state index in [1.54, 1.807) is 20.1 Å². The van der Waals surface area contributed by atoms with E-state index in [0.717, 1.165) is 28.3 Å². The van der Waals surface area contributed by atoms with Crippen molar-refractivity contribution in [1.29, 1.82) is 0 Å². The normalized spacial score (nSPS) is 13.4. The lowest BCUT2D eigenvalue weighted by molar-refractivity contribution is -0.113. The van der Waals surface area contributed by atoms with Gasteiger partial charge in [0, 0.05) is 18.6 Å². The molecule has 0 spiro atoms. The number of benzene rings is 2. The molecule has 0 N–H and O–H groups in total. The molecule has 1 unspecified atom stereocenters. The van der Waals surface area contributed by atoms with E-state index in [4.69, 9.17) is 9.57 Å². The largest absolute Gasteiger partial charge is 0.380 e. The monoisotopic (exact) mass is 461 g/mol. The van der Waals surface area contributed by atoms with E-state index >= 15 is 0 Å². The lowest BCUT2D eigenvalue weighted by Gasteiger charge is -2.14. The fraction of sp³-hybridized carbons (Fsp3) is 0.241. The maximum atomic E-state index is 13.8. The molecule has 0 saturated heterocycles. The highest BCUT2D eigenvalue weighted by molar-refractivity contribution is 5.97. The summed E-state index contributed by atoms with van der Waals surface area (Å²) in [7, 11) is 1.66. The number of halogens is 1. The molecule has 2 aromatic rings. The molecule has 0 aliphatic carbocycles. The zero-order valence-corrected chi connectivity index (χ0v) is 20.5. The van der Waals surface area contributed by atoms with Crippen LogP contribution in [0.15, 0.2) is 90.4 Å². The third-order valence-electron chi connectivity index (χ3n) is 5.49. The van der Waals surface area contributed by atoms with Crippen LogP contribution in [0.25, 0.3) is 16.9 Å². The van der Waals surface area contributed by atoms with Crippen LogP contribution in [0.2, 0.25) is 0 Å². The minimum atomic E-state index is -0.656. The zero-order chi connectivity index (χ0) is 25.3. The second-order valence-electron chi connectivity index (χ2n) is 8.04. The number of carbonyl (C=O) groups excluding carboxylic acids is 1. The van der Waals surface area contributed by atoms with Gasteiger partial charge in [0.05, 0.1) is 17.9 Å². The van der Waals surface area contributed by atoms with Crippen molar-refractivity contribution in [3.8, 4) is 11.1 Å². The number of ketones is 1. The van der Waals surface area contributed by atoms with Gasteiger partial charge in [-0.25, -0.2) is 4.39 Å². The van der Waals surface area contributed by atoms with Gasteiger partial charge in [-0.05, 0) is 55.2 Å². The van der Waals surface area contributed by atoms with Gasteiger partial charge < -0.3 is 9.57 Å². The third kappa shape index (κ3) is 6.96. The van der Waals surface area contributed by atoms with Crippen LogP contribution < -0.4 is 0 Å². The molecule has 5 heteroatoms. The number of nitrogens with zero attached hydrogens (tertiary/aromatic N) is 1. The van der Waals surface area contributed by atoms with Crippen molar-refractivity contribution in [3.63, 3.8) is 0 Å². The van der Waals surface area contributed by atoms with Crippen molar-refractivity contribution in [1.82, 2.24) is 0 Å². The molecule has 4 nitrogen and oxygen atoms in total. The Bertz CT molecular complexity index is 1160. The number of hydrogen-bond donors (Lipinski definition) is 0. The molecule has 0 fully saturated rings. The van der Waals surface area contributed by atoms with Crippen LogP contribution in [-0.4, -0.2) is 18.6 Å². The van der Waals surface area contributed by atoms with Crippen LogP contribution in [0, 0.1) is 12.8 Å². The fourth-order valence-electron chi connectivity index (χ4n) is 3.30. The quantitative estimate of drug-likeness (QED) is 0.115. The van der Waals surface area contributed by atoms with Crippen molar-refractivity contribution in [2.24, 2.45) is 11.1 Å². The predicted molar refractivity (Wildman–Crippen MR) is 138 cm³/mol. The van der Waals surface area contributed by atoms with E-state index in [2.05, 4.69) is 37.4 Å². The van der Waals surface area contributed by atoms with Crippen molar-refractivity contribution >= 4 is 17.3 Å². The minimum Gasteiger partial charge on any atom is -0.380 e. The molecule has 178 valence electrons. The summed E-state index contributed by atoms with van der Waals surface area (Å²) in [4.78, 5) is 17.2. The summed E-state index contributed by atoms with van der Waals surface area (Å²) in [5.41, 5.74) is 5.85. The van der Waals surface area contributed by atoms with Gasteiger partial charge in [0.1, 0.15) is 5.83 Å². The highest BCUT2D eigenvalue weighted by Gasteiger charge is 2.12. The van der Waals surface area contributed by atoms with E-state index < -0.39 is 5.83 Å². The summed E-state index contributed by atoms with van der Waals surface area (Å²) in [5, 5.41) is 4.18. The maximum absolute atomic E-state index is 13.8. The molecule has 1 atom stereocenters. The molecule has 0 aliphatic heterocycles. The van der Waals surface area contributed by atoms with Crippen LogP contribution in [0.4, 0.5) is 4.39 Å². The fourth-order valence-corrected chi connectivity index (χ4v) is 3.30. The molecule has 0 aliphatic rings. The topological polar surface area (TPSA) is 47.9 Å². The molecule has 0 radical (unpaired) electrons. The van der Waals surface area contributed by atoms with Gasteiger partial charge in [0.15, 0.2) is 11.5 Å². The molecular weight excluding hydrogens is 429 g/mol. The van der Waals surface area contributed by atoms with Gasteiger partial charge in [-0.1, -0.05) is 73.8 Å². The number of hydrogen-bond acceptors (Lipinski definition) is 4. The van der Waals surface area contributed by atoms with Crippen LogP contribution in [0.1, 0.15) is 37.5 Å². The number of oxime groups is 1. The Balaban J connectivity index is 2.20. The minimum absolute atomic E-state index is 0.0283. The summed E-state index contributed by atoms with van der Waals surface area (Å²) in [6.07, 6.45) is 4.15. The first-order valence-corrected chi connectivity index (χ1v) is 11.0. The van der Waals surface area contributed by atoms with Crippen molar-refractivity contribution in [3.05, 3.63) is 102 Å². The third-order valence-corrected chi connectivity index (χ3v) is 5.49. The SMILES string of the molecule is C=C/C(F)=C(\C=C/C(C)/C(C)=N/OC(=C)c1ccc(-c2ccccc2C)c(COC)c1)C(C)=O. The molecule has 2 aromatic carbocycles. The van der Waals surface area contributed by atoms with Gasteiger partial charge >= 0.3 is 0 Å². The van der Waals surface area contributed by atoms with E-state index in [1.807, 2.05) is 37.3 Å². The summed E-state index contributed by atoms with van der Waals surface area (Å²) < 4.78 is 19.2. The van der Waals surface area contributed by atoms with E-state index in [1.165, 1.54) is 18.6 Å². The van der Waals surface area contributed by atoms with Gasteiger partial charge in [-0.2, -0.15) is 0 Å². The van der Waals surface area contributed by atoms with Crippen LogP contribution in [0.3, 0.4) is 0 Å². The Kier molecular flexibility index (Phi) is 9.90. The Morgan fingerprint density at radius 3 is 2.50 bits per heavy atom. The molecule has 0 amide bonds. The first-order valence-electron chi connectivity index (χ1n) is 11.0. The number of rotatable bonds is 11. The molecule has 0 aromatic heterocycles. The van der Waals surface area contributed by atoms with Crippen molar-refractivity contribution in [2.75, 3.05) is 7.11 Å². The average molecular weight is 462 g/mol. The van der Waals surface area contributed by atoms with Gasteiger partial charge in [-0.3, -0.25) is 4.79 Å². The Hall–Kier alpha value is -3.57. The highest BCUT2D eigenvalue weighted by Crippen LogP contribution is 2.30. The van der Waals surface area contributed by atoms with E-state index in [0.29, 0.717) is 18.1 Å². The number of methoxy groups -OCH3 is 1. The highest BCUT2D eigenvalue weighted by atomic mass is 19.1. The summed E-state index contributed by atoms with van der Waals surface area (Å²) >= 11 is 0. The maximum Gasteiger partial charge on any atom is 0.162 e.